The fraction of sp³-hybridized carbons (Fsp3) is 0.909. The van der Waals surface area contributed by atoms with Gasteiger partial charge in [0.1, 0.15) is 0 Å². The molecule has 0 aromatic heterocycles. The Morgan fingerprint density at radius 3 is 2.62 bits per heavy atom. The first-order valence-electron chi connectivity index (χ1n) is 5.42. The lowest BCUT2D eigenvalue weighted by Gasteiger charge is -2.26. The van der Waals surface area contributed by atoms with Crippen LogP contribution < -0.4 is 5.32 Å². The van der Waals surface area contributed by atoms with E-state index in [1.807, 2.05) is 0 Å². The topological polar surface area (TPSA) is 29.1 Å². The summed E-state index contributed by atoms with van der Waals surface area (Å²) in [7, 11) is 0. The van der Waals surface area contributed by atoms with E-state index in [0.717, 1.165) is 13.0 Å². The first-order valence-corrected chi connectivity index (χ1v) is 5.42. The molecule has 2 heteroatoms. The third kappa shape index (κ3) is 1.59. The molecule has 0 aromatic rings. The van der Waals surface area contributed by atoms with Crippen LogP contribution in [0, 0.1) is 17.3 Å². The van der Waals surface area contributed by atoms with Gasteiger partial charge in [0.15, 0.2) is 0 Å². The predicted octanol–water partition coefficient (Wildman–Crippen LogP) is 1.95. The first kappa shape index (κ1) is 9.04. The zero-order valence-corrected chi connectivity index (χ0v) is 8.60. The Balaban J connectivity index is 1.74. The number of amides is 1. The number of hydrogen-bond acceptors (Lipinski definition) is 1. The van der Waals surface area contributed by atoms with Crippen molar-refractivity contribution >= 4 is 5.91 Å². The van der Waals surface area contributed by atoms with Crippen LogP contribution in [0.5, 0.6) is 0 Å². The molecule has 13 heavy (non-hydrogen) atoms. The molecule has 0 saturated heterocycles. The molecule has 1 N–H and O–H groups in total. The van der Waals surface area contributed by atoms with Crippen LogP contribution in [-0.4, -0.2) is 12.5 Å². The lowest BCUT2D eigenvalue weighted by Crippen LogP contribution is -2.31. The number of carbonyl (C=O) groups is 1. The maximum Gasteiger partial charge on any atom is 0.223 e. The summed E-state index contributed by atoms with van der Waals surface area (Å²) in [5.41, 5.74) is 0.487. The summed E-state index contributed by atoms with van der Waals surface area (Å²) in [6, 6.07) is 0. The Hall–Kier alpha value is -0.530. The minimum absolute atomic E-state index is 0.313. The van der Waals surface area contributed by atoms with E-state index in [9.17, 15) is 4.79 Å². The second-order valence-corrected chi connectivity index (χ2v) is 5.11. The second-order valence-electron chi connectivity index (χ2n) is 5.11. The minimum atomic E-state index is 0.313. The molecular formula is C11H19NO. The van der Waals surface area contributed by atoms with E-state index in [0.29, 0.717) is 23.2 Å². The summed E-state index contributed by atoms with van der Waals surface area (Å²) < 4.78 is 0. The molecule has 0 aromatic carbocycles. The van der Waals surface area contributed by atoms with Crippen molar-refractivity contribution in [3.05, 3.63) is 0 Å². The van der Waals surface area contributed by atoms with Gasteiger partial charge in [0.2, 0.25) is 5.91 Å². The van der Waals surface area contributed by atoms with Crippen LogP contribution in [0.25, 0.3) is 0 Å². The van der Waals surface area contributed by atoms with Crippen molar-refractivity contribution in [3.63, 3.8) is 0 Å². The van der Waals surface area contributed by atoms with Gasteiger partial charge < -0.3 is 5.32 Å². The summed E-state index contributed by atoms with van der Waals surface area (Å²) in [6.45, 7) is 5.10. The molecule has 1 atom stereocenters. The quantitative estimate of drug-likeness (QED) is 0.708. The molecule has 2 aliphatic carbocycles. The number of nitrogens with one attached hydrogen (secondary N) is 1. The Bertz CT molecular complexity index is 218. The van der Waals surface area contributed by atoms with E-state index in [-0.39, 0.29) is 0 Å². The van der Waals surface area contributed by atoms with Crippen molar-refractivity contribution < 1.29 is 4.79 Å². The Morgan fingerprint density at radius 2 is 2.23 bits per heavy atom. The van der Waals surface area contributed by atoms with Crippen molar-refractivity contribution in [1.82, 2.24) is 5.32 Å². The van der Waals surface area contributed by atoms with E-state index in [2.05, 4.69) is 19.2 Å². The lowest BCUT2D eigenvalue weighted by atomic mass is 9.79. The number of rotatable bonds is 3. The highest BCUT2D eigenvalue weighted by Crippen LogP contribution is 2.65. The van der Waals surface area contributed by atoms with Crippen LogP contribution in [0.4, 0.5) is 0 Å². The minimum Gasteiger partial charge on any atom is -0.356 e. The van der Waals surface area contributed by atoms with E-state index >= 15 is 0 Å². The van der Waals surface area contributed by atoms with Gasteiger partial charge in [-0.2, -0.15) is 0 Å². The maximum atomic E-state index is 11.6. The smallest absolute Gasteiger partial charge is 0.223 e. The van der Waals surface area contributed by atoms with Gasteiger partial charge in [-0.1, -0.05) is 20.3 Å². The van der Waals surface area contributed by atoms with Gasteiger partial charge >= 0.3 is 0 Å². The van der Waals surface area contributed by atoms with Gasteiger partial charge in [0, 0.05) is 12.5 Å². The number of carbonyl (C=O) groups excluding carboxylic acids is 1. The lowest BCUT2D eigenvalue weighted by molar-refractivity contribution is -0.123. The van der Waals surface area contributed by atoms with E-state index < -0.39 is 0 Å². The van der Waals surface area contributed by atoms with Gasteiger partial charge in [-0.05, 0) is 30.6 Å². The van der Waals surface area contributed by atoms with Crippen molar-refractivity contribution in [2.45, 2.75) is 39.5 Å². The van der Waals surface area contributed by atoms with Gasteiger partial charge in [0.25, 0.3) is 0 Å². The molecule has 2 nitrogen and oxygen atoms in total. The van der Waals surface area contributed by atoms with Crippen LogP contribution in [0.15, 0.2) is 0 Å². The summed E-state index contributed by atoms with van der Waals surface area (Å²) in [5, 5.41) is 3.03. The standard InChI is InChI=1S/C11H19NO/c1-8(2)7-12-10(13)9-6-11(9)4-3-5-11/h8-9H,3-7H2,1-2H3,(H,12,13). The summed E-state index contributed by atoms with van der Waals surface area (Å²) in [6.07, 6.45) is 5.10. The molecule has 2 fully saturated rings. The molecule has 2 rings (SSSR count). The third-order valence-corrected chi connectivity index (χ3v) is 3.54. The van der Waals surface area contributed by atoms with Crippen LogP contribution in [0.1, 0.15) is 39.5 Å². The van der Waals surface area contributed by atoms with Gasteiger partial charge in [-0.25, -0.2) is 0 Å². The predicted molar refractivity (Wildman–Crippen MR) is 52.2 cm³/mol. The highest BCUT2D eigenvalue weighted by molar-refractivity contribution is 5.82. The molecule has 2 aliphatic rings. The molecule has 1 amide bonds. The molecule has 0 radical (unpaired) electrons. The number of hydrogen-bond donors (Lipinski definition) is 1. The molecule has 1 spiro atoms. The zero-order chi connectivity index (χ0) is 9.47. The molecule has 0 heterocycles. The van der Waals surface area contributed by atoms with Crippen molar-refractivity contribution in [2.24, 2.45) is 17.3 Å². The third-order valence-electron chi connectivity index (χ3n) is 3.54. The van der Waals surface area contributed by atoms with Crippen LogP contribution >= 0.6 is 0 Å². The Morgan fingerprint density at radius 1 is 1.54 bits per heavy atom. The Labute approximate surface area is 80.1 Å². The van der Waals surface area contributed by atoms with Crippen LogP contribution in [0.2, 0.25) is 0 Å². The van der Waals surface area contributed by atoms with Crippen LogP contribution in [0.3, 0.4) is 0 Å². The second kappa shape index (κ2) is 3.00. The molecule has 2 saturated carbocycles. The molecule has 0 bridgehead atoms. The highest BCUT2D eigenvalue weighted by Gasteiger charge is 2.60. The largest absolute Gasteiger partial charge is 0.356 e. The zero-order valence-electron chi connectivity index (χ0n) is 8.60. The van der Waals surface area contributed by atoms with E-state index in [1.54, 1.807) is 0 Å². The summed E-state index contributed by atoms with van der Waals surface area (Å²) in [4.78, 5) is 11.6. The molecule has 0 aliphatic heterocycles. The van der Waals surface area contributed by atoms with Crippen molar-refractivity contribution in [2.75, 3.05) is 6.54 Å². The molecular weight excluding hydrogens is 162 g/mol. The highest BCUT2D eigenvalue weighted by atomic mass is 16.2. The monoisotopic (exact) mass is 181 g/mol. The average Bonchev–Trinajstić information content (AvgIpc) is 2.73. The van der Waals surface area contributed by atoms with E-state index in [4.69, 9.17) is 0 Å². The van der Waals surface area contributed by atoms with Crippen LogP contribution in [-0.2, 0) is 4.79 Å². The maximum absolute atomic E-state index is 11.6. The van der Waals surface area contributed by atoms with Gasteiger partial charge in [-0.3, -0.25) is 4.79 Å². The SMILES string of the molecule is CC(C)CNC(=O)C1CC12CCC2. The summed E-state index contributed by atoms with van der Waals surface area (Å²) in [5.74, 6) is 1.26. The van der Waals surface area contributed by atoms with Crippen molar-refractivity contribution in [1.29, 1.82) is 0 Å². The fourth-order valence-electron chi connectivity index (χ4n) is 2.33. The molecule has 74 valence electrons. The average molecular weight is 181 g/mol. The van der Waals surface area contributed by atoms with E-state index in [1.165, 1.54) is 19.3 Å². The Kier molecular flexibility index (Phi) is 2.09. The van der Waals surface area contributed by atoms with Gasteiger partial charge in [-0.15, -0.1) is 0 Å². The van der Waals surface area contributed by atoms with Gasteiger partial charge in [0.05, 0.1) is 0 Å². The van der Waals surface area contributed by atoms with Crippen molar-refractivity contribution in [3.8, 4) is 0 Å². The normalized spacial score (nSPS) is 28.7. The molecule has 1 unspecified atom stereocenters. The summed E-state index contributed by atoms with van der Waals surface area (Å²) >= 11 is 0. The first-order chi connectivity index (χ1) is 6.14. The fourth-order valence-corrected chi connectivity index (χ4v) is 2.33.